The molecule has 2 rings (SSSR count). The van der Waals surface area contributed by atoms with Crippen LogP contribution >= 0.6 is 0 Å². The van der Waals surface area contributed by atoms with Crippen molar-refractivity contribution in [3.05, 3.63) is 29.6 Å². The van der Waals surface area contributed by atoms with Gasteiger partial charge in [0.2, 0.25) is 5.91 Å². The van der Waals surface area contributed by atoms with Gasteiger partial charge in [-0.2, -0.15) is 0 Å². The van der Waals surface area contributed by atoms with Gasteiger partial charge in [0.05, 0.1) is 0 Å². The monoisotopic (exact) mass is 189 g/mol. The number of rotatable bonds is 1. The molecule has 0 radical (unpaired) electrons. The fraction of sp³-hybridized carbons (Fsp3) is 0.300. The number of pyridine rings is 1. The summed E-state index contributed by atoms with van der Waals surface area (Å²) in [6.45, 7) is 3.74. The Morgan fingerprint density at radius 1 is 1.50 bits per heavy atom. The van der Waals surface area contributed by atoms with Crippen LogP contribution in [-0.2, 0) is 4.79 Å². The maximum Gasteiger partial charge on any atom is 0.250 e. The van der Waals surface area contributed by atoms with Crippen molar-refractivity contribution in [2.75, 3.05) is 0 Å². The minimum Gasteiger partial charge on any atom is -0.309 e. The Morgan fingerprint density at radius 2 is 2.29 bits per heavy atom. The Kier molecular flexibility index (Phi) is 2.04. The molecule has 1 N–H and O–H groups in total. The first-order valence-electron chi connectivity index (χ1n) is 4.48. The molecule has 4 nitrogen and oxygen atoms in total. The van der Waals surface area contributed by atoms with Crippen molar-refractivity contribution in [1.29, 1.82) is 0 Å². The zero-order valence-electron chi connectivity index (χ0n) is 8.11. The van der Waals surface area contributed by atoms with Crippen LogP contribution in [0, 0.1) is 6.92 Å². The normalized spacial score (nSPS) is 20.6. The molecule has 1 unspecified atom stereocenters. The van der Waals surface area contributed by atoms with Crippen LogP contribution in [0.3, 0.4) is 0 Å². The zero-order chi connectivity index (χ0) is 10.1. The predicted molar refractivity (Wildman–Crippen MR) is 53.1 cm³/mol. The van der Waals surface area contributed by atoms with E-state index < -0.39 is 0 Å². The van der Waals surface area contributed by atoms with Crippen LogP contribution in [0.15, 0.2) is 23.5 Å². The van der Waals surface area contributed by atoms with E-state index in [-0.39, 0.29) is 11.9 Å². The molecule has 1 aliphatic rings. The number of hydrogen-bond acceptors (Lipinski definition) is 3. The third-order valence-corrected chi connectivity index (χ3v) is 2.24. The van der Waals surface area contributed by atoms with Crippen LogP contribution in [-0.4, -0.2) is 22.8 Å². The minimum atomic E-state index is -0.287. The van der Waals surface area contributed by atoms with Gasteiger partial charge in [0, 0.05) is 18.0 Å². The maximum atomic E-state index is 11.2. The summed E-state index contributed by atoms with van der Waals surface area (Å²) in [6, 6.07) is 1.61. The second kappa shape index (κ2) is 3.21. The molecule has 0 bridgehead atoms. The van der Waals surface area contributed by atoms with Crippen molar-refractivity contribution in [3.8, 4) is 0 Å². The van der Waals surface area contributed by atoms with Crippen LogP contribution in [0.25, 0.3) is 0 Å². The molecular formula is C10H11N3O. The van der Waals surface area contributed by atoms with Gasteiger partial charge in [-0.05, 0) is 25.5 Å². The second-order valence-electron chi connectivity index (χ2n) is 3.33. The summed E-state index contributed by atoms with van der Waals surface area (Å²) in [4.78, 5) is 19.4. The number of amidine groups is 1. The number of nitrogens with one attached hydrogen (secondary N) is 1. The minimum absolute atomic E-state index is 0.0525. The van der Waals surface area contributed by atoms with Gasteiger partial charge in [-0.1, -0.05) is 0 Å². The highest BCUT2D eigenvalue weighted by molar-refractivity contribution is 6.13. The molecule has 0 fully saturated rings. The average Bonchev–Trinajstić information content (AvgIpc) is 2.48. The number of hydrogen-bond donors (Lipinski definition) is 1. The zero-order valence-corrected chi connectivity index (χ0v) is 8.11. The van der Waals surface area contributed by atoms with Gasteiger partial charge in [0.1, 0.15) is 11.9 Å². The number of aromatic nitrogens is 1. The van der Waals surface area contributed by atoms with Crippen molar-refractivity contribution in [2.24, 2.45) is 4.99 Å². The van der Waals surface area contributed by atoms with Gasteiger partial charge in [-0.15, -0.1) is 0 Å². The van der Waals surface area contributed by atoms with E-state index in [1.807, 2.05) is 13.0 Å². The summed E-state index contributed by atoms with van der Waals surface area (Å²) in [5, 5.41) is 2.73. The smallest absolute Gasteiger partial charge is 0.250 e. The SMILES string of the molecule is Cc1ccncc1C1=NC(C)C(=O)N1. The van der Waals surface area contributed by atoms with Crippen LogP contribution in [0.2, 0.25) is 0 Å². The molecule has 0 spiro atoms. The molecule has 14 heavy (non-hydrogen) atoms. The van der Waals surface area contributed by atoms with Gasteiger partial charge in [-0.25, -0.2) is 0 Å². The van der Waals surface area contributed by atoms with Crippen LogP contribution < -0.4 is 5.32 Å². The number of carbonyl (C=O) groups excluding carboxylic acids is 1. The van der Waals surface area contributed by atoms with Crippen LogP contribution in [0.4, 0.5) is 0 Å². The summed E-state index contributed by atoms with van der Waals surface area (Å²) in [7, 11) is 0. The van der Waals surface area contributed by atoms with Gasteiger partial charge in [0.15, 0.2) is 0 Å². The van der Waals surface area contributed by atoms with E-state index in [4.69, 9.17) is 0 Å². The van der Waals surface area contributed by atoms with E-state index in [1.165, 1.54) is 0 Å². The van der Waals surface area contributed by atoms with Gasteiger partial charge in [0.25, 0.3) is 0 Å². The Hall–Kier alpha value is -1.71. The molecule has 2 heterocycles. The number of aliphatic imine (C=N–C) groups is 1. The van der Waals surface area contributed by atoms with E-state index in [0.29, 0.717) is 5.84 Å². The number of nitrogens with zero attached hydrogens (tertiary/aromatic N) is 2. The highest BCUT2D eigenvalue weighted by atomic mass is 16.2. The fourth-order valence-corrected chi connectivity index (χ4v) is 1.35. The quantitative estimate of drug-likeness (QED) is 0.705. The van der Waals surface area contributed by atoms with E-state index in [2.05, 4.69) is 15.3 Å². The molecule has 1 amide bonds. The Labute approximate surface area is 82.1 Å². The van der Waals surface area contributed by atoms with Gasteiger partial charge < -0.3 is 5.32 Å². The molecule has 1 aromatic heterocycles. The first kappa shape index (κ1) is 8.87. The number of amides is 1. The largest absolute Gasteiger partial charge is 0.309 e. The van der Waals surface area contributed by atoms with E-state index in [1.54, 1.807) is 19.3 Å². The summed E-state index contributed by atoms with van der Waals surface area (Å²) >= 11 is 0. The van der Waals surface area contributed by atoms with Crippen molar-refractivity contribution in [1.82, 2.24) is 10.3 Å². The van der Waals surface area contributed by atoms with E-state index in [9.17, 15) is 4.79 Å². The van der Waals surface area contributed by atoms with Crippen molar-refractivity contribution < 1.29 is 4.79 Å². The predicted octanol–water partition coefficient (Wildman–Crippen LogP) is 0.655. The molecule has 72 valence electrons. The van der Waals surface area contributed by atoms with E-state index >= 15 is 0 Å². The third kappa shape index (κ3) is 1.39. The van der Waals surface area contributed by atoms with Crippen LogP contribution in [0.1, 0.15) is 18.1 Å². The first-order valence-corrected chi connectivity index (χ1v) is 4.48. The van der Waals surface area contributed by atoms with Crippen molar-refractivity contribution >= 4 is 11.7 Å². The van der Waals surface area contributed by atoms with Crippen molar-refractivity contribution in [3.63, 3.8) is 0 Å². The maximum absolute atomic E-state index is 11.2. The lowest BCUT2D eigenvalue weighted by molar-refractivity contribution is -0.119. The summed E-state index contributed by atoms with van der Waals surface area (Å²) in [5.74, 6) is 0.580. The number of aryl methyl sites for hydroxylation is 1. The molecule has 0 aliphatic carbocycles. The molecule has 1 aliphatic heterocycles. The van der Waals surface area contributed by atoms with Gasteiger partial charge in [-0.3, -0.25) is 14.8 Å². The molecule has 1 aromatic rings. The van der Waals surface area contributed by atoms with Crippen LogP contribution in [0.5, 0.6) is 0 Å². The standard InChI is InChI=1S/C10H11N3O/c1-6-3-4-11-5-8(6)9-12-7(2)10(14)13-9/h3-5,7H,1-2H3,(H,12,13,14). The third-order valence-electron chi connectivity index (χ3n) is 2.24. The summed E-state index contributed by atoms with van der Waals surface area (Å²) < 4.78 is 0. The average molecular weight is 189 g/mol. The fourth-order valence-electron chi connectivity index (χ4n) is 1.35. The summed E-state index contributed by atoms with van der Waals surface area (Å²) in [5.41, 5.74) is 1.96. The molecule has 0 aromatic carbocycles. The lowest BCUT2D eigenvalue weighted by atomic mass is 10.1. The molecule has 0 saturated carbocycles. The van der Waals surface area contributed by atoms with Crippen molar-refractivity contribution in [2.45, 2.75) is 19.9 Å². The lowest BCUT2D eigenvalue weighted by Crippen LogP contribution is -2.28. The first-order chi connectivity index (χ1) is 6.68. The second-order valence-corrected chi connectivity index (χ2v) is 3.33. The Balaban J connectivity index is 2.38. The topological polar surface area (TPSA) is 54.4 Å². The number of carbonyl (C=O) groups is 1. The Bertz CT molecular complexity index is 412. The molecule has 0 saturated heterocycles. The highest BCUT2D eigenvalue weighted by Crippen LogP contribution is 2.10. The highest BCUT2D eigenvalue weighted by Gasteiger charge is 2.23. The van der Waals surface area contributed by atoms with E-state index in [0.717, 1.165) is 11.1 Å². The van der Waals surface area contributed by atoms with Gasteiger partial charge >= 0.3 is 0 Å². The molecule has 1 atom stereocenters. The lowest BCUT2D eigenvalue weighted by Gasteiger charge is -2.03. The molecular weight excluding hydrogens is 178 g/mol. The Morgan fingerprint density at radius 3 is 2.86 bits per heavy atom. The summed E-state index contributed by atoms with van der Waals surface area (Å²) in [6.07, 6.45) is 3.44. The molecule has 4 heteroatoms.